The highest BCUT2D eigenvalue weighted by Gasteiger charge is 2.30. The van der Waals surface area contributed by atoms with Gasteiger partial charge in [0.15, 0.2) is 5.65 Å². The van der Waals surface area contributed by atoms with Crippen molar-refractivity contribution in [3.8, 4) is 0 Å². The van der Waals surface area contributed by atoms with Crippen molar-refractivity contribution in [1.29, 1.82) is 0 Å². The van der Waals surface area contributed by atoms with E-state index in [-0.39, 0.29) is 24.1 Å². The van der Waals surface area contributed by atoms with Crippen molar-refractivity contribution in [3.05, 3.63) is 40.6 Å². The molecule has 8 nitrogen and oxygen atoms in total. The Balaban J connectivity index is 1.78. The summed E-state index contributed by atoms with van der Waals surface area (Å²) in [6, 6.07) is 7.62. The molecule has 3 aromatic rings. The molecule has 1 amide bonds. The van der Waals surface area contributed by atoms with Crippen molar-refractivity contribution < 1.29 is 9.53 Å². The van der Waals surface area contributed by atoms with E-state index in [4.69, 9.17) is 4.74 Å². The fraction of sp³-hybridized carbons (Fsp3) is 0.412. The zero-order valence-corrected chi connectivity index (χ0v) is 13.9. The molecular formula is C17H19N5O3. The van der Waals surface area contributed by atoms with Crippen LogP contribution < -0.4 is 11.0 Å². The molecule has 0 aliphatic heterocycles. The second-order valence-electron chi connectivity index (χ2n) is 6.20. The van der Waals surface area contributed by atoms with Crippen molar-refractivity contribution in [3.63, 3.8) is 0 Å². The average molecular weight is 341 g/mol. The predicted octanol–water partition coefficient (Wildman–Crippen LogP) is 0.684. The minimum absolute atomic E-state index is 0.122. The van der Waals surface area contributed by atoms with Crippen LogP contribution in [0.1, 0.15) is 24.6 Å². The standard InChI is InChI=1S/C17H19N5O3/c1-25-9-8-18-14(23)10-21-17(24)22-15(11-6-7-11)19-13-5-3-2-4-12(13)16(22)20-21/h2-5,11H,6-10H2,1H3,(H,18,23). The van der Waals surface area contributed by atoms with Crippen molar-refractivity contribution in [2.24, 2.45) is 0 Å². The van der Waals surface area contributed by atoms with Gasteiger partial charge in [0.05, 0.1) is 12.1 Å². The number of rotatable bonds is 6. The highest BCUT2D eigenvalue weighted by atomic mass is 16.5. The molecular weight excluding hydrogens is 322 g/mol. The van der Waals surface area contributed by atoms with E-state index in [1.807, 2.05) is 24.3 Å². The summed E-state index contributed by atoms with van der Waals surface area (Å²) in [5.41, 5.74) is 1.05. The maximum absolute atomic E-state index is 12.8. The number of benzene rings is 1. The van der Waals surface area contributed by atoms with Crippen LogP contribution in [-0.2, 0) is 16.1 Å². The molecule has 2 heterocycles. The normalized spacial score (nSPS) is 14.3. The number of hydrogen-bond donors (Lipinski definition) is 1. The van der Waals surface area contributed by atoms with E-state index in [1.54, 1.807) is 11.5 Å². The third-order valence-electron chi connectivity index (χ3n) is 4.31. The lowest BCUT2D eigenvalue weighted by atomic mass is 10.2. The van der Waals surface area contributed by atoms with E-state index in [2.05, 4.69) is 15.4 Å². The first-order valence-corrected chi connectivity index (χ1v) is 8.33. The van der Waals surface area contributed by atoms with Crippen LogP contribution in [-0.4, -0.2) is 45.3 Å². The monoisotopic (exact) mass is 341 g/mol. The lowest BCUT2D eigenvalue weighted by molar-refractivity contribution is -0.122. The van der Waals surface area contributed by atoms with Gasteiger partial charge in [-0.2, -0.15) is 0 Å². The van der Waals surface area contributed by atoms with Crippen LogP contribution in [0.5, 0.6) is 0 Å². The molecule has 1 N–H and O–H groups in total. The number of fused-ring (bicyclic) bond motifs is 3. The smallest absolute Gasteiger partial charge is 0.352 e. The molecule has 0 radical (unpaired) electrons. The Morgan fingerprint density at radius 3 is 2.92 bits per heavy atom. The summed E-state index contributed by atoms with van der Waals surface area (Å²) in [6.45, 7) is 0.699. The summed E-state index contributed by atoms with van der Waals surface area (Å²) >= 11 is 0. The molecule has 1 aromatic carbocycles. The quantitative estimate of drug-likeness (QED) is 0.666. The van der Waals surface area contributed by atoms with E-state index < -0.39 is 0 Å². The van der Waals surface area contributed by atoms with Crippen molar-refractivity contribution >= 4 is 22.5 Å². The van der Waals surface area contributed by atoms with Crippen LogP contribution in [0.25, 0.3) is 16.6 Å². The summed E-state index contributed by atoms with van der Waals surface area (Å²) in [6.07, 6.45) is 2.05. The topological polar surface area (TPSA) is 90.5 Å². The van der Waals surface area contributed by atoms with Crippen molar-refractivity contribution in [2.75, 3.05) is 20.3 Å². The molecule has 8 heteroatoms. The van der Waals surface area contributed by atoms with Crippen LogP contribution in [0.15, 0.2) is 29.1 Å². The largest absolute Gasteiger partial charge is 0.383 e. The summed E-state index contributed by atoms with van der Waals surface area (Å²) in [7, 11) is 1.57. The SMILES string of the molecule is COCCNC(=O)Cn1nc2c3ccccc3nc(C3CC3)n2c1=O. The number of ether oxygens (including phenoxy) is 1. The van der Waals surface area contributed by atoms with Crippen LogP contribution in [0.4, 0.5) is 0 Å². The van der Waals surface area contributed by atoms with Gasteiger partial charge in [-0.1, -0.05) is 12.1 Å². The summed E-state index contributed by atoms with van der Waals surface area (Å²) in [4.78, 5) is 29.5. The first-order valence-electron chi connectivity index (χ1n) is 8.33. The molecule has 0 unspecified atom stereocenters. The number of aromatic nitrogens is 4. The Bertz CT molecular complexity index is 1000. The molecule has 0 saturated heterocycles. The second-order valence-corrected chi connectivity index (χ2v) is 6.20. The number of carbonyl (C=O) groups excluding carboxylic acids is 1. The average Bonchev–Trinajstić information content (AvgIpc) is 3.40. The number of methoxy groups -OCH3 is 1. The fourth-order valence-corrected chi connectivity index (χ4v) is 2.93. The Hall–Kier alpha value is -2.74. The van der Waals surface area contributed by atoms with Gasteiger partial charge < -0.3 is 10.1 Å². The van der Waals surface area contributed by atoms with Crippen LogP contribution in [0.2, 0.25) is 0 Å². The maximum atomic E-state index is 12.8. The number of carbonyl (C=O) groups is 1. The Morgan fingerprint density at radius 2 is 2.16 bits per heavy atom. The van der Waals surface area contributed by atoms with Gasteiger partial charge in [0.25, 0.3) is 0 Å². The fourth-order valence-electron chi connectivity index (χ4n) is 2.93. The van der Waals surface area contributed by atoms with E-state index in [1.165, 1.54) is 4.68 Å². The second kappa shape index (κ2) is 6.29. The molecule has 2 aromatic heterocycles. The van der Waals surface area contributed by atoms with Gasteiger partial charge >= 0.3 is 5.69 Å². The molecule has 25 heavy (non-hydrogen) atoms. The first-order chi connectivity index (χ1) is 12.2. The van der Waals surface area contributed by atoms with E-state index >= 15 is 0 Å². The van der Waals surface area contributed by atoms with Gasteiger partial charge in [-0.25, -0.2) is 18.9 Å². The van der Waals surface area contributed by atoms with Crippen LogP contribution >= 0.6 is 0 Å². The Kier molecular flexibility index (Phi) is 3.96. The number of para-hydroxylation sites is 1. The number of nitrogens with zero attached hydrogens (tertiary/aromatic N) is 4. The van der Waals surface area contributed by atoms with E-state index in [0.717, 1.165) is 29.6 Å². The molecule has 130 valence electrons. The Morgan fingerprint density at radius 1 is 1.36 bits per heavy atom. The zero-order valence-electron chi connectivity index (χ0n) is 13.9. The Labute approximate surface area is 143 Å². The molecule has 0 bridgehead atoms. The predicted molar refractivity (Wildman–Crippen MR) is 91.6 cm³/mol. The van der Waals surface area contributed by atoms with Gasteiger partial charge in [-0.05, 0) is 25.0 Å². The van der Waals surface area contributed by atoms with Gasteiger partial charge in [-0.3, -0.25) is 4.79 Å². The lowest BCUT2D eigenvalue weighted by Crippen LogP contribution is -2.34. The van der Waals surface area contributed by atoms with Gasteiger partial charge in [0.2, 0.25) is 5.91 Å². The van der Waals surface area contributed by atoms with Gasteiger partial charge in [0.1, 0.15) is 12.4 Å². The summed E-state index contributed by atoms with van der Waals surface area (Å²) in [5, 5.41) is 7.92. The molecule has 1 fully saturated rings. The highest BCUT2D eigenvalue weighted by molar-refractivity contribution is 5.91. The summed E-state index contributed by atoms with van der Waals surface area (Å²) in [5.74, 6) is 0.760. The molecule has 1 aliphatic carbocycles. The van der Waals surface area contributed by atoms with E-state index in [9.17, 15) is 9.59 Å². The third-order valence-corrected chi connectivity index (χ3v) is 4.31. The van der Waals surface area contributed by atoms with Gasteiger partial charge in [0, 0.05) is 25.0 Å². The van der Waals surface area contributed by atoms with Crippen molar-refractivity contribution in [2.45, 2.75) is 25.3 Å². The third kappa shape index (κ3) is 2.89. The first kappa shape index (κ1) is 15.8. The highest BCUT2D eigenvalue weighted by Crippen LogP contribution is 2.39. The molecule has 0 spiro atoms. The minimum atomic E-state index is -0.322. The summed E-state index contributed by atoms with van der Waals surface area (Å²) < 4.78 is 7.66. The van der Waals surface area contributed by atoms with E-state index in [0.29, 0.717) is 18.8 Å². The maximum Gasteiger partial charge on any atom is 0.352 e. The molecule has 0 atom stereocenters. The molecule has 1 aliphatic rings. The van der Waals surface area contributed by atoms with Gasteiger partial charge in [-0.15, -0.1) is 5.10 Å². The minimum Gasteiger partial charge on any atom is -0.383 e. The molecule has 4 rings (SSSR count). The number of nitrogens with one attached hydrogen (secondary N) is 1. The zero-order chi connectivity index (χ0) is 17.4. The van der Waals surface area contributed by atoms with Crippen LogP contribution in [0, 0.1) is 0 Å². The molecule has 1 saturated carbocycles. The lowest BCUT2D eigenvalue weighted by Gasteiger charge is -2.04. The number of amides is 1. The van der Waals surface area contributed by atoms with Crippen molar-refractivity contribution in [1.82, 2.24) is 24.5 Å². The van der Waals surface area contributed by atoms with Crippen LogP contribution in [0.3, 0.4) is 0 Å². The number of hydrogen-bond acceptors (Lipinski definition) is 5.